The molecule has 0 aliphatic carbocycles. The molecule has 0 bridgehead atoms. The monoisotopic (exact) mass is 288 g/mol. The molecule has 104 valence electrons. The van der Waals surface area contributed by atoms with Gasteiger partial charge >= 0.3 is 0 Å². The first-order valence-electron chi connectivity index (χ1n) is 6.66. The molecule has 1 aliphatic heterocycles. The summed E-state index contributed by atoms with van der Waals surface area (Å²) in [5.41, 5.74) is 0.618. The summed E-state index contributed by atoms with van der Waals surface area (Å²) in [4.78, 5) is 12.8. The van der Waals surface area contributed by atoms with E-state index in [-0.39, 0.29) is 5.91 Å². The molecule has 20 heavy (non-hydrogen) atoms. The van der Waals surface area contributed by atoms with Gasteiger partial charge in [-0.1, -0.05) is 34.8 Å². The Morgan fingerprint density at radius 2 is 2.00 bits per heavy atom. The minimum absolute atomic E-state index is 0.0382. The van der Waals surface area contributed by atoms with Gasteiger partial charge in [0.1, 0.15) is 5.00 Å². The Morgan fingerprint density at radius 1 is 1.25 bits per heavy atom. The van der Waals surface area contributed by atoms with Crippen LogP contribution in [0.1, 0.15) is 18.4 Å². The first-order valence-corrected chi connectivity index (χ1v) is 7.44. The quantitative estimate of drug-likeness (QED) is 0.904. The van der Waals surface area contributed by atoms with Gasteiger partial charge < -0.3 is 10.6 Å². The maximum Gasteiger partial charge on any atom is 0.235 e. The molecule has 1 fully saturated rings. The van der Waals surface area contributed by atoms with Gasteiger partial charge in [0.2, 0.25) is 5.91 Å². The lowest BCUT2D eigenvalue weighted by atomic mass is 9.72. The largest absolute Gasteiger partial charge is 0.317 e. The molecule has 0 unspecified atom stereocenters. The lowest BCUT2D eigenvalue weighted by Gasteiger charge is -2.36. The first kappa shape index (κ1) is 13.2. The highest BCUT2D eigenvalue weighted by molar-refractivity contribution is 7.10. The third-order valence-corrected chi connectivity index (χ3v) is 4.40. The molecule has 0 saturated carbocycles. The molecule has 1 aliphatic rings. The number of piperidine rings is 1. The van der Waals surface area contributed by atoms with Crippen molar-refractivity contribution in [2.45, 2.75) is 18.3 Å². The standard InChI is InChI=1S/C14H16N4OS/c19-13(17-12-10-16-18-20-12)14(6-8-15-9-7-14)11-4-2-1-3-5-11/h1-5,10,15H,6-9H2,(H,17,19). The molecule has 5 nitrogen and oxygen atoms in total. The first-order chi connectivity index (χ1) is 9.81. The number of nitrogens with one attached hydrogen (secondary N) is 2. The third kappa shape index (κ3) is 2.44. The van der Waals surface area contributed by atoms with Crippen LogP contribution in [0.3, 0.4) is 0 Å². The fraction of sp³-hybridized carbons (Fsp3) is 0.357. The minimum Gasteiger partial charge on any atom is -0.317 e. The van der Waals surface area contributed by atoms with Gasteiger partial charge in [-0.3, -0.25) is 4.79 Å². The van der Waals surface area contributed by atoms with Gasteiger partial charge in [-0.2, -0.15) is 0 Å². The summed E-state index contributed by atoms with van der Waals surface area (Å²) in [5.74, 6) is 0.0382. The van der Waals surface area contributed by atoms with Crippen LogP contribution in [0, 0.1) is 0 Å². The van der Waals surface area contributed by atoms with Crippen molar-refractivity contribution in [2.75, 3.05) is 18.4 Å². The van der Waals surface area contributed by atoms with E-state index in [1.54, 1.807) is 6.20 Å². The molecular formula is C14H16N4OS. The Hall–Kier alpha value is -1.79. The van der Waals surface area contributed by atoms with Crippen LogP contribution < -0.4 is 10.6 Å². The number of carbonyl (C=O) groups is 1. The van der Waals surface area contributed by atoms with Gasteiger partial charge in [-0.25, -0.2) is 0 Å². The van der Waals surface area contributed by atoms with E-state index in [0.29, 0.717) is 5.00 Å². The molecule has 0 atom stereocenters. The van der Waals surface area contributed by atoms with Gasteiger partial charge in [0, 0.05) is 11.5 Å². The Morgan fingerprint density at radius 3 is 2.65 bits per heavy atom. The predicted octanol–water partition coefficient (Wildman–Crippen LogP) is 1.80. The number of rotatable bonds is 3. The van der Waals surface area contributed by atoms with Gasteiger partial charge in [-0.05, 0) is 31.5 Å². The fourth-order valence-electron chi connectivity index (χ4n) is 2.71. The zero-order valence-electron chi connectivity index (χ0n) is 11.0. The maximum absolute atomic E-state index is 12.8. The van der Waals surface area contributed by atoms with E-state index in [2.05, 4.69) is 20.2 Å². The molecule has 0 spiro atoms. The average molecular weight is 288 g/mol. The second-order valence-corrected chi connectivity index (χ2v) is 5.72. The van der Waals surface area contributed by atoms with Crippen LogP contribution in [0.25, 0.3) is 0 Å². The van der Waals surface area contributed by atoms with Crippen LogP contribution in [0.15, 0.2) is 36.5 Å². The van der Waals surface area contributed by atoms with Crippen LogP contribution in [0.5, 0.6) is 0 Å². The number of anilines is 1. The van der Waals surface area contributed by atoms with Crippen molar-refractivity contribution in [3.63, 3.8) is 0 Å². The average Bonchev–Trinajstić information content (AvgIpc) is 3.02. The van der Waals surface area contributed by atoms with Crippen molar-refractivity contribution in [3.8, 4) is 0 Å². The molecule has 1 amide bonds. The molecule has 0 radical (unpaired) electrons. The van der Waals surface area contributed by atoms with Gasteiger partial charge in [-0.15, -0.1) is 5.10 Å². The zero-order chi connectivity index (χ0) is 13.8. The number of hydrogen-bond donors (Lipinski definition) is 2. The van der Waals surface area contributed by atoms with Crippen LogP contribution in [-0.4, -0.2) is 28.6 Å². The number of carbonyl (C=O) groups excluding carboxylic acids is 1. The second-order valence-electron chi connectivity index (χ2n) is 4.93. The Labute approximate surface area is 121 Å². The van der Waals surface area contributed by atoms with E-state index in [0.717, 1.165) is 31.5 Å². The minimum atomic E-state index is -0.462. The lowest BCUT2D eigenvalue weighted by Crippen LogP contribution is -2.48. The molecule has 1 saturated heterocycles. The van der Waals surface area contributed by atoms with Crippen molar-refractivity contribution < 1.29 is 4.79 Å². The van der Waals surface area contributed by atoms with E-state index in [4.69, 9.17) is 0 Å². The topological polar surface area (TPSA) is 66.9 Å². The van der Waals surface area contributed by atoms with Gasteiger partial charge in [0.25, 0.3) is 0 Å². The Kier molecular flexibility index (Phi) is 3.75. The van der Waals surface area contributed by atoms with E-state index >= 15 is 0 Å². The van der Waals surface area contributed by atoms with Crippen molar-refractivity contribution in [2.24, 2.45) is 0 Å². The molecule has 2 aromatic rings. The summed E-state index contributed by atoms with van der Waals surface area (Å²) < 4.78 is 3.78. The zero-order valence-corrected chi connectivity index (χ0v) is 11.8. The Bertz CT molecular complexity index is 564. The molecular weight excluding hydrogens is 272 g/mol. The summed E-state index contributed by atoms with van der Waals surface area (Å²) in [6.45, 7) is 1.70. The number of benzene rings is 1. The smallest absolute Gasteiger partial charge is 0.235 e. The molecule has 1 aromatic heterocycles. The normalized spacial score (nSPS) is 17.6. The van der Waals surface area contributed by atoms with Crippen molar-refractivity contribution in [3.05, 3.63) is 42.1 Å². The SMILES string of the molecule is O=C(Nc1cnns1)C1(c2ccccc2)CCNCC1. The van der Waals surface area contributed by atoms with Crippen LogP contribution in [-0.2, 0) is 10.2 Å². The number of aromatic nitrogens is 2. The van der Waals surface area contributed by atoms with Crippen molar-refractivity contribution in [1.82, 2.24) is 14.9 Å². The molecule has 1 aromatic carbocycles. The highest BCUT2D eigenvalue weighted by Crippen LogP contribution is 2.35. The van der Waals surface area contributed by atoms with Crippen LogP contribution in [0.2, 0.25) is 0 Å². The van der Waals surface area contributed by atoms with Gasteiger partial charge in [0.15, 0.2) is 0 Å². The Balaban J connectivity index is 1.91. The predicted molar refractivity (Wildman–Crippen MR) is 78.8 cm³/mol. The van der Waals surface area contributed by atoms with E-state index in [1.807, 2.05) is 30.3 Å². The lowest BCUT2D eigenvalue weighted by molar-refractivity contribution is -0.122. The number of nitrogens with zero attached hydrogens (tertiary/aromatic N) is 2. The highest BCUT2D eigenvalue weighted by Gasteiger charge is 2.41. The fourth-order valence-corrected chi connectivity index (χ4v) is 3.13. The van der Waals surface area contributed by atoms with Crippen molar-refractivity contribution >= 4 is 22.4 Å². The summed E-state index contributed by atoms with van der Waals surface area (Å²) in [6.07, 6.45) is 3.19. The highest BCUT2D eigenvalue weighted by atomic mass is 32.1. The summed E-state index contributed by atoms with van der Waals surface area (Å²) in [6, 6.07) is 10.0. The second kappa shape index (κ2) is 5.68. The third-order valence-electron chi connectivity index (χ3n) is 3.82. The molecule has 2 N–H and O–H groups in total. The number of hydrogen-bond acceptors (Lipinski definition) is 5. The molecule has 6 heteroatoms. The van der Waals surface area contributed by atoms with Crippen molar-refractivity contribution in [1.29, 1.82) is 0 Å². The van der Waals surface area contributed by atoms with Crippen LogP contribution >= 0.6 is 11.5 Å². The van der Waals surface area contributed by atoms with E-state index in [1.165, 1.54) is 11.5 Å². The maximum atomic E-state index is 12.8. The molecule has 3 rings (SSSR count). The van der Waals surface area contributed by atoms with E-state index < -0.39 is 5.41 Å². The molecule has 2 heterocycles. The summed E-state index contributed by atoms with van der Waals surface area (Å²) >= 11 is 1.20. The van der Waals surface area contributed by atoms with Gasteiger partial charge in [0.05, 0.1) is 11.6 Å². The summed E-state index contributed by atoms with van der Waals surface area (Å²) in [5, 5.41) is 10.7. The number of amides is 1. The summed E-state index contributed by atoms with van der Waals surface area (Å²) in [7, 11) is 0. The van der Waals surface area contributed by atoms with E-state index in [9.17, 15) is 4.79 Å². The van der Waals surface area contributed by atoms with Crippen LogP contribution in [0.4, 0.5) is 5.00 Å².